The van der Waals surface area contributed by atoms with Crippen LogP contribution in [-0.2, 0) is 17.8 Å². The minimum atomic E-state index is -0.0126. The highest BCUT2D eigenvalue weighted by atomic mass is 79.9. The number of hydrogen-bond acceptors (Lipinski definition) is 5. The number of hydrogen-bond donors (Lipinski definition) is 0. The number of halogens is 1. The first-order valence-corrected chi connectivity index (χ1v) is 16.6. The molecule has 2 aliphatic heterocycles. The molecule has 0 bridgehead atoms. The Kier molecular flexibility index (Phi) is 15.9. The molecule has 0 saturated heterocycles. The number of amides is 1. The molecule has 2 aromatic rings. The Labute approximate surface area is 281 Å². The first kappa shape index (κ1) is 36.1. The van der Waals surface area contributed by atoms with Crippen LogP contribution in [0.25, 0.3) is 0 Å². The number of fused-ring (bicyclic) bond motifs is 1. The van der Waals surface area contributed by atoms with Gasteiger partial charge in [0.25, 0.3) is 0 Å². The number of ether oxygens (including phenoxy) is 2. The Balaban J connectivity index is 0.00000552. The van der Waals surface area contributed by atoms with Gasteiger partial charge in [-0.05, 0) is 54.0 Å². The molecule has 2 aliphatic rings. The highest BCUT2D eigenvalue weighted by Gasteiger charge is 2.28. The van der Waals surface area contributed by atoms with Gasteiger partial charge in [-0.2, -0.15) is 0 Å². The molecule has 1 amide bonds. The molecule has 0 unspecified atom stereocenters. The zero-order valence-electron chi connectivity index (χ0n) is 27.4. The second-order valence-corrected chi connectivity index (χ2v) is 11.8. The number of carbonyl (C=O) groups is 1. The third kappa shape index (κ3) is 11.5. The number of unbranched alkanes of at least 4 members (excludes halogenated alkanes) is 11. The minimum Gasteiger partial charge on any atom is -1.00 e. The summed E-state index contributed by atoms with van der Waals surface area (Å²) in [7, 11) is 1.67. The molecule has 0 fully saturated rings. The van der Waals surface area contributed by atoms with E-state index in [0.717, 1.165) is 46.3 Å². The van der Waals surface area contributed by atoms with Gasteiger partial charge in [-0.1, -0.05) is 101 Å². The molecular formula is C38H50BrN3O3. The molecule has 7 heteroatoms. The maximum atomic E-state index is 12.7. The molecule has 4 rings (SSSR count). The summed E-state index contributed by atoms with van der Waals surface area (Å²) >= 11 is 0. The summed E-state index contributed by atoms with van der Waals surface area (Å²) in [5.41, 5.74) is 3.93. The van der Waals surface area contributed by atoms with Crippen LogP contribution in [0, 0.1) is 6.20 Å². The molecule has 0 saturated carbocycles. The highest BCUT2D eigenvalue weighted by Crippen LogP contribution is 2.30. The third-order valence-corrected chi connectivity index (χ3v) is 8.25. The fourth-order valence-corrected chi connectivity index (χ4v) is 5.66. The van der Waals surface area contributed by atoms with Crippen molar-refractivity contribution in [2.24, 2.45) is 4.99 Å². The number of rotatable bonds is 20. The summed E-state index contributed by atoms with van der Waals surface area (Å²) < 4.78 is 11.7. The summed E-state index contributed by atoms with van der Waals surface area (Å²) in [4.78, 5) is 21.0. The molecule has 0 aromatic heterocycles. The Bertz CT molecular complexity index is 1320. The predicted octanol–water partition coefficient (Wildman–Crippen LogP) is 6.32. The maximum absolute atomic E-state index is 12.7. The second-order valence-electron chi connectivity index (χ2n) is 11.8. The van der Waals surface area contributed by atoms with Crippen molar-refractivity contribution in [1.29, 1.82) is 0 Å². The van der Waals surface area contributed by atoms with Gasteiger partial charge < -0.3 is 31.4 Å². The van der Waals surface area contributed by atoms with Crippen LogP contribution >= 0.6 is 0 Å². The van der Waals surface area contributed by atoms with Crippen LogP contribution in [0.5, 0.6) is 11.5 Å². The van der Waals surface area contributed by atoms with E-state index in [1.54, 1.807) is 18.9 Å². The van der Waals surface area contributed by atoms with Crippen molar-refractivity contribution in [3.63, 3.8) is 0 Å². The van der Waals surface area contributed by atoms with Crippen LogP contribution in [0.2, 0.25) is 0 Å². The number of anilines is 1. The van der Waals surface area contributed by atoms with Crippen LogP contribution in [0.4, 0.5) is 5.69 Å². The van der Waals surface area contributed by atoms with Gasteiger partial charge >= 0.3 is 0 Å². The van der Waals surface area contributed by atoms with Crippen molar-refractivity contribution >= 4 is 17.4 Å². The number of methoxy groups -OCH3 is 1. The molecule has 0 atom stereocenters. The first-order chi connectivity index (χ1) is 21.6. The summed E-state index contributed by atoms with van der Waals surface area (Å²) in [6.07, 6.45) is 27.5. The average molecular weight is 677 g/mol. The van der Waals surface area contributed by atoms with Crippen LogP contribution in [0.15, 0.2) is 77.6 Å². The molecule has 0 spiro atoms. The minimum absolute atomic E-state index is 0. The van der Waals surface area contributed by atoms with Gasteiger partial charge in [0.05, 0.1) is 32.8 Å². The van der Waals surface area contributed by atoms with Gasteiger partial charge in [0.15, 0.2) is 17.7 Å². The van der Waals surface area contributed by atoms with E-state index in [1.165, 1.54) is 70.6 Å². The van der Waals surface area contributed by atoms with Gasteiger partial charge in [0.2, 0.25) is 17.4 Å². The monoisotopic (exact) mass is 675 g/mol. The second kappa shape index (κ2) is 19.9. The van der Waals surface area contributed by atoms with Crippen molar-refractivity contribution in [2.75, 3.05) is 18.6 Å². The SMILES string of the molecule is CCCCCCCCCCCCCCOc1cc(CN(C(C)=O)c2ccc(CC3=N[C+]=C4C=CC=CN43)cc2)ccc1OC.[Br-]. The van der Waals surface area contributed by atoms with E-state index in [0.29, 0.717) is 19.6 Å². The summed E-state index contributed by atoms with van der Waals surface area (Å²) in [6, 6.07) is 14.1. The molecule has 0 aliphatic carbocycles. The van der Waals surface area contributed by atoms with E-state index in [2.05, 4.69) is 35.1 Å². The van der Waals surface area contributed by atoms with E-state index >= 15 is 0 Å². The average Bonchev–Trinajstić information content (AvgIpc) is 3.45. The standard InChI is InChI=1S/C38H50N3O3.BrH/c1-4-5-6-7-8-9-10-11-12-13-14-17-26-44-37-27-33(21-24-36(37)43-3)30-41(31(2)42)34-22-19-32(20-23-34)28-38-39-29-35-18-15-16-25-40(35)38;/h15-16,18-25,27H,4-14,17,26,28,30H2,1-3H3;1H/q+1;/p-1. The third-order valence-electron chi connectivity index (χ3n) is 8.25. The van der Waals surface area contributed by atoms with Crippen molar-refractivity contribution in [1.82, 2.24) is 4.90 Å². The molecule has 2 aromatic carbocycles. The zero-order valence-corrected chi connectivity index (χ0v) is 29.0. The fraction of sp³-hybridized carbons (Fsp3) is 0.474. The lowest BCUT2D eigenvalue weighted by molar-refractivity contribution is -0.116. The topological polar surface area (TPSA) is 54.4 Å². The van der Waals surface area contributed by atoms with Gasteiger partial charge in [-0.25, -0.2) is 4.90 Å². The van der Waals surface area contributed by atoms with Gasteiger partial charge in [-0.15, -0.1) is 0 Å². The lowest BCUT2D eigenvalue weighted by atomic mass is 10.1. The molecule has 2 heterocycles. The van der Waals surface area contributed by atoms with E-state index < -0.39 is 0 Å². The highest BCUT2D eigenvalue weighted by molar-refractivity contribution is 5.92. The van der Waals surface area contributed by atoms with Crippen LogP contribution < -0.4 is 31.4 Å². The van der Waals surface area contributed by atoms with Crippen molar-refractivity contribution in [3.8, 4) is 11.5 Å². The van der Waals surface area contributed by atoms with Crippen molar-refractivity contribution in [2.45, 2.75) is 104 Å². The van der Waals surface area contributed by atoms with E-state index in [4.69, 9.17) is 9.47 Å². The van der Waals surface area contributed by atoms with Crippen molar-refractivity contribution in [3.05, 3.63) is 89.9 Å². The van der Waals surface area contributed by atoms with Crippen LogP contribution in [0.3, 0.4) is 0 Å². The molecular weight excluding hydrogens is 626 g/mol. The fourth-order valence-electron chi connectivity index (χ4n) is 5.66. The van der Waals surface area contributed by atoms with E-state index in [1.807, 2.05) is 54.8 Å². The quantitative estimate of drug-likeness (QED) is 0.122. The van der Waals surface area contributed by atoms with Gasteiger partial charge in [0, 0.05) is 18.8 Å². The largest absolute Gasteiger partial charge is 1.00 e. The van der Waals surface area contributed by atoms with Crippen molar-refractivity contribution < 1.29 is 31.2 Å². The summed E-state index contributed by atoms with van der Waals surface area (Å²) in [6.45, 7) is 5.00. The Morgan fingerprint density at radius 2 is 1.49 bits per heavy atom. The normalized spacial score (nSPS) is 13.0. The zero-order chi connectivity index (χ0) is 31.0. The number of aliphatic imine (C=N–C) groups is 1. The van der Waals surface area contributed by atoms with E-state index in [-0.39, 0.29) is 22.9 Å². The molecule has 242 valence electrons. The molecule has 45 heavy (non-hydrogen) atoms. The number of amidine groups is 1. The maximum Gasteiger partial charge on any atom is 0.247 e. The molecule has 6 nitrogen and oxygen atoms in total. The number of nitrogens with zero attached hydrogens (tertiary/aromatic N) is 3. The lowest BCUT2D eigenvalue weighted by Gasteiger charge is -2.22. The molecule has 0 N–H and O–H groups in total. The van der Waals surface area contributed by atoms with Crippen LogP contribution in [-0.4, -0.2) is 30.4 Å². The summed E-state index contributed by atoms with van der Waals surface area (Å²) in [5, 5.41) is 0. The Hall–Kier alpha value is -3.41. The number of carbonyl (C=O) groups excluding carboxylic acids is 1. The van der Waals surface area contributed by atoms with Gasteiger partial charge in [-0.3, -0.25) is 4.79 Å². The van der Waals surface area contributed by atoms with E-state index in [9.17, 15) is 4.79 Å². The van der Waals surface area contributed by atoms with Crippen LogP contribution in [0.1, 0.15) is 102 Å². The van der Waals surface area contributed by atoms with Gasteiger partial charge in [0.1, 0.15) is 0 Å². The predicted molar refractivity (Wildman–Crippen MR) is 181 cm³/mol. The summed E-state index contributed by atoms with van der Waals surface area (Å²) in [5.74, 6) is 2.37. The first-order valence-electron chi connectivity index (χ1n) is 16.6. The number of allylic oxidation sites excluding steroid dienone is 3. The lowest BCUT2D eigenvalue weighted by Crippen LogP contribution is -3.00. The molecule has 0 radical (unpaired) electrons. The number of benzene rings is 2. The smallest absolute Gasteiger partial charge is 0.247 e. The Morgan fingerprint density at radius 1 is 0.844 bits per heavy atom. The Morgan fingerprint density at radius 3 is 2.13 bits per heavy atom.